The van der Waals surface area contributed by atoms with Gasteiger partial charge in [-0.1, -0.05) is 44.2 Å². The summed E-state index contributed by atoms with van der Waals surface area (Å²) in [7, 11) is 0. The van der Waals surface area contributed by atoms with E-state index in [-0.39, 0.29) is 30.2 Å². The highest BCUT2D eigenvalue weighted by molar-refractivity contribution is 6.05. The van der Waals surface area contributed by atoms with Crippen molar-refractivity contribution in [1.82, 2.24) is 25.1 Å². The number of benzene rings is 2. The Labute approximate surface area is 276 Å². The van der Waals surface area contributed by atoms with Crippen molar-refractivity contribution in [2.24, 2.45) is 0 Å². The summed E-state index contributed by atoms with van der Waals surface area (Å²) in [5, 5.41) is 15.5. The van der Waals surface area contributed by atoms with E-state index in [1.165, 1.54) is 16.8 Å². The van der Waals surface area contributed by atoms with Crippen LogP contribution in [0.5, 0.6) is 0 Å². The molecule has 7 rings (SSSR count). The summed E-state index contributed by atoms with van der Waals surface area (Å²) >= 11 is 0. The van der Waals surface area contributed by atoms with Crippen LogP contribution in [0.15, 0.2) is 60.9 Å². The van der Waals surface area contributed by atoms with Gasteiger partial charge in [0.05, 0.1) is 6.10 Å². The van der Waals surface area contributed by atoms with Gasteiger partial charge >= 0.3 is 0 Å². The molecule has 1 aromatic heterocycles. The van der Waals surface area contributed by atoms with Crippen LogP contribution in [-0.2, 0) is 22.7 Å². The molecular formula is C36H45N7O4. The minimum absolute atomic E-state index is 0.125. The number of hydrogen-bond acceptors (Lipinski definition) is 9. The SMILES string of the molecule is CC(C)c1cnc(NC2CCN(c3ccc(CN4CCC(O)C4)cc3)CC2)nc1.O=C1CCC(N2Cc3ccccc3C2=O)C(=O)N1. The number of anilines is 2. The fraction of sp³-hybridized carbons (Fsp3) is 0.472. The van der Waals surface area contributed by atoms with Crippen molar-refractivity contribution in [3.8, 4) is 0 Å². The molecule has 0 radical (unpaired) electrons. The Morgan fingerprint density at radius 3 is 2.30 bits per heavy atom. The first-order valence-electron chi connectivity index (χ1n) is 16.8. The van der Waals surface area contributed by atoms with Gasteiger partial charge in [-0.05, 0) is 66.5 Å². The molecule has 0 spiro atoms. The van der Waals surface area contributed by atoms with Gasteiger partial charge in [0.2, 0.25) is 17.8 Å². The second-order valence-corrected chi connectivity index (χ2v) is 13.3. The van der Waals surface area contributed by atoms with E-state index in [1.807, 2.05) is 30.6 Å². The molecule has 2 atom stereocenters. The van der Waals surface area contributed by atoms with Crippen molar-refractivity contribution >= 4 is 29.4 Å². The molecule has 0 aliphatic carbocycles. The average molecular weight is 640 g/mol. The number of amides is 3. The number of imide groups is 1. The minimum Gasteiger partial charge on any atom is -0.392 e. The number of hydrogen-bond donors (Lipinski definition) is 3. The van der Waals surface area contributed by atoms with Crippen molar-refractivity contribution in [1.29, 1.82) is 0 Å². The van der Waals surface area contributed by atoms with Crippen LogP contribution in [0.3, 0.4) is 0 Å². The Morgan fingerprint density at radius 2 is 1.66 bits per heavy atom. The minimum atomic E-state index is -0.525. The quantitative estimate of drug-likeness (QED) is 0.331. The summed E-state index contributed by atoms with van der Waals surface area (Å²) in [6.07, 6.45) is 7.47. The van der Waals surface area contributed by atoms with Crippen molar-refractivity contribution in [3.63, 3.8) is 0 Å². The van der Waals surface area contributed by atoms with Gasteiger partial charge in [0.25, 0.3) is 5.91 Å². The lowest BCUT2D eigenvalue weighted by atomic mass is 10.0. The van der Waals surface area contributed by atoms with E-state index in [2.05, 4.69) is 68.5 Å². The van der Waals surface area contributed by atoms with E-state index in [4.69, 9.17) is 0 Å². The Bertz CT molecular complexity index is 1550. The molecule has 11 nitrogen and oxygen atoms in total. The number of piperidine rings is 2. The zero-order chi connectivity index (χ0) is 32.9. The van der Waals surface area contributed by atoms with Gasteiger partial charge in [-0.2, -0.15) is 0 Å². The topological polar surface area (TPSA) is 131 Å². The molecule has 11 heteroatoms. The van der Waals surface area contributed by atoms with Gasteiger partial charge in [0.1, 0.15) is 6.04 Å². The highest BCUT2D eigenvalue weighted by atomic mass is 16.3. The number of nitrogens with one attached hydrogen (secondary N) is 2. The van der Waals surface area contributed by atoms with Crippen molar-refractivity contribution in [3.05, 3.63) is 83.2 Å². The van der Waals surface area contributed by atoms with Gasteiger partial charge in [0.15, 0.2) is 0 Å². The van der Waals surface area contributed by atoms with E-state index in [0.29, 0.717) is 30.5 Å². The average Bonchev–Trinajstić information content (AvgIpc) is 3.64. The first-order chi connectivity index (χ1) is 22.7. The molecule has 3 fully saturated rings. The van der Waals surface area contributed by atoms with Gasteiger partial charge in [0, 0.05) is 75.4 Å². The molecule has 47 heavy (non-hydrogen) atoms. The number of aromatic nitrogens is 2. The number of likely N-dealkylation sites (tertiary alicyclic amines) is 1. The molecule has 5 heterocycles. The number of aliphatic hydroxyl groups excluding tert-OH is 1. The molecule has 3 N–H and O–H groups in total. The van der Waals surface area contributed by atoms with E-state index < -0.39 is 6.04 Å². The Kier molecular flexibility index (Phi) is 10.1. The van der Waals surface area contributed by atoms with Crippen LogP contribution in [0.25, 0.3) is 0 Å². The first kappa shape index (κ1) is 32.6. The van der Waals surface area contributed by atoms with Crippen LogP contribution < -0.4 is 15.5 Å². The monoisotopic (exact) mass is 639 g/mol. The summed E-state index contributed by atoms with van der Waals surface area (Å²) in [5.41, 5.74) is 5.39. The smallest absolute Gasteiger partial charge is 0.255 e. The molecule has 2 unspecified atom stereocenters. The fourth-order valence-electron chi connectivity index (χ4n) is 6.71. The third-order valence-electron chi connectivity index (χ3n) is 9.56. The summed E-state index contributed by atoms with van der Waals surface area (Å²) in [5.74, 6) is 0.442. The van der Waals surface area contributed by atoms with Gasteiger partial charge in [-0.25, -0.2) is 9.97 Å². The van der Waals surface area contributed by atoms with Crippen LogP contribution >= 0.6 is 0 Å². The largest absolute Gasteiger partial charge is 0.392 e. The summed E-state index contributed by atoms with van der Waals surface area (Å²) < 4.78 is 0. The molecule has 248 valence electrons. The van der Waals surface area contributed by atoms with Crippen LogP contribution in [-0.4, -0.2) is 87.0 Å². The maximum Gasteiger partial charge on any atom is 0.255 e. The Balaban J connectivity index is 0.000000183. The molecule has 3 amide bonds. The fourth-order valence-corrected chi connectivity index (χ4v) is 6.71. The summed E-state index contributed by atoms with van der Waals surface area (Å²) in [6.45, 7) is 9.56. The van der Waals surface area contributed by atoms with E-state index >= 15 is 0 Å². The predicted molar refractivity (Wildman–Crippen MR) is 180 cm³/mol. The van der Waals surface area contributed by atoms with Crippen molar-refractivity contribution in [2.45, 2.75) is 83.1 Å². The van der Waals surface area contributed by atoms with E-state index in [0.717, 1.165) is 63.5 Å². The second-order valence-electron chi connectivity index (χ2n) is 13.3. The van der Waals surface area contributed by atoms with Crippen molar-refractivity contribution < 1.29 is 19.5 Å². The zero-order valence-electron chi connectivity index (χ0n) is 27.3. The Hall–Kier alpha value is -4.35. The summed E-state index contributed by atoms with van der Waals surface area (Å²) in [6, 6.07) is 16.2. The number of β-amino-alcohol motifs (C(OH)–C–C–N with tert-alkyl or cyclic N) is 1. The lowest BCUT2D eigenvalue weighted by Crippen LogP contribution is -2.52. The first-order valence-corrected chi connectivity index (χ1v) is 16.8. The lowest BCUT2D eigenvalue weighted by molar-refractivity contribution is -0.136. The lowest BCUT2D eigenvalue weighted by Gasteiger charge is -2.34. The zero-order valence-corrected chi connectivity index (χ0v) is 27.3. The maximum atomic E-state index is 12.2. The van der Waals surface area contributed by atoms with Crippen LogP contribution in [0.2, 0.25) is 0 Å². The normalized spacial score (nSPS) is 21.8. The molecule has 3 aromatic rings. The van der Waals surface area contributed by atoms with Crippen LogP contribution in [0.4, 0.5) is 11.6 Å². The number of aliphatic hydroxyl groups is 1. The molecule has 4 aliphatic rings. The molecule has 3 saturated heterocycles. The molecule has 4 aliphatic heterocycles. The van der Waals surface area contributed by atoms with Gasteiger partial charge < -0.3 is 20.2 Å². The predicted octanol–water partition coefficient (Wildman–Crippen LogP) is 3.70. The highest BCUT2D eigenvalue weighted by Crippen LogP contribution is 2.27. The number of rotatable bonds is 7. The van der Waals surface area contributed by atoms with Crippen LogP contribution in [0.1, 0.15) is 78.9 Å². The number of fused-ring (bicyclic) bond motifs is 1. The number of carbonyl (C=O) groups is 3. The highest BCUT2D eigenvalue weighted by Gasteiger charge is 2.38. The molecule has 0 bridgehead atoms. The van der Waals surface area contributed by atoms with Gasteiger partial charge in [-0.15, -0.1) is 0 Å². The van der Waals surface area contributed by atoms with Gasteiger partial charge in [-0.3, -0.25) is 24.6 Å². The third-order valence-corrected chi connectivity index (χ3v) is 9.56. The standard InChI is InChI=1S/C23H33N5O.C13H12N2O3/c1-17(2)19-13-24-23(25-14-19)26-20-7-11-28(12-8-20)21-5-3-18(4-6-21)15-27-10-9-22(29)16-27;16-11-6-5-10(12(17)14-11)15-7-8-3-1-2-4-9(8)13(15)18/h3-6,13-14,17,20,22,29H,7-12,15-16H2,1-2H3,(H,24,25,26);1-4,10H,5-7H2,(H,14,16,17). The summed E-state index contributed by atoms with van der Waals surface area (Å²) in [4.78, 5) is 50.3. The molecular weight excluding hydrogens is 594 g/mol. The molecule has 2 aromatic carbocycles. The van der Waals surface area contributed by atoms with Crippen molar-refractivity contribution in [2.75, 3.05) is 36.4 Å². The Morgan fingerprint density at radius 1 is 0.936 bits per heavy atom. The van der Waals surface area contributed by atoms with E-state index in [1.54, 1.807) is 11.0 Å². The maximum absolute atomic E-state index is 12.2. The number of nitrogens with zero attached hydrogens (tertiary/aromatic N) is 5. The second kappa shape index (κ2) is 14.6. The number of carbonyl (C=O) groups excluding carboxylic acids is 3. The molecule has 0 saturated carbocycles. The van der Waals surface area contributed by atoms with E-state index in [9.17, 15) is 19.5 Å². The third kappa shape index (κ3) is 7.97. The van der Waals surface area contributed by atoms with Crippen LogP contribution in [0, 0.1) is 0 Å².